The van der Waals surface area contributed by atoms with Gasteiger partial charge in [-0.2, -0.15) is 4.98 Å². The van der Waals surface area contributed by atoms with E-state index in [9.17, 15) is 0 Å². The molecule has 1 aromatic heterocycles. The van der Waals surface area contributed by atoms with Gasteiger partial charge in [-0.3, -0.25) is 0 Å². The average Bonchev–Trinajstić information content (AvgIpc) is 2.60. The van der Waals surface area contributed by atoms with Crippen molar-refractivity contribution in [3.8, 4) is 0 Å². The number of likely N-dealkylation sites (tertiary alicyclic amines) is 1. The van der Waals surface area contributed by atoms with Crippen LogP contribution in [0.25, 0.3) is 0 Å². The van der Waals surface area contributed by atoms with E-state index in [1.807, 2.05) is 33.0 Å². The molecule has 1 aromatic rings. The van der Waals surface area contributed by atoms with Gasteiger partial charge in [0.05, 0.1) is 7.11 Å². The summed E-state index contributed by atoms with van der Waals surface area (Å²) >= 11 is 0. The third-order valence-electron chi connectivity index (χ3n) is 4.40. The highest BCUT2D eigenvalue weighted by molar-refractivity contribution is 5.45. The van der Waals surface area contributed by atoms with Crippen LogP contribution in [0, 0.1) is 6.92 Å². The van der Waals surface area contributed by atoms with Gasteiger partial charge in [-0.15, -0.1) is 0 Å². The Balaban J connectivity index is 2.03. The van der Waals surface area contributed by atoms with Crippen molar-refractivity contribution in [1.29, 1.82) is 0 Å². The minimum Gasteiger partial charge on any atom is -0.496 e. The van der Waals surface area contributed by atoms with Crippen molar-refractivity contribution in [1.82, 2.24) is 20.2 Å². The normalized spacial score (nSPS) is 15.6. The van der Waals surface area contributed by atoms with Crippen molar-refractivity contribution in [2.75, 3.05) is 57.5 Å². The van der Waals surface area contributed by atoms with Crippen molar-refractivity contribution in [3.63, 3.8) is 0 Å². The van der Waals surface area contributed by atoms with Gasteiger partial charge in [0.25, 0.3) is 0 Å². The molecule has 0 aromatic carbocycles. The number of aryl methyl sites for hydroxylation is 1. The fourth-order valence-electron chi connectivity index (χ4n) is 2.85. The Morgan fingerprint density at radius 2 is 2.15 bits per heavy atom. The number of nitrogens with one attached hydrogen (secondary N) is 3. The maximum atomic E-state index is 5.48. The zero-order chi connectivity index (χ0) is 19.6. The van der Waals surface area contributed by atoms with Crippen molar-refractivity contribution in [2.45, 2.75) is 20.3 Å². The number of hydrogen-bond donors (Lipinski definition) is 3. The Morgan fingerprint density at radius 1 is 1.37 bits per heavy atom. The molecule has 0 radical (unpaired) electrons. The molecule has 1 fully saturated rings. The van der Waals surface area contributed by atoms with Gasteiger partial charge in [0.2, 0.25) is 5.95 Å². The molecule has 3 N–H and O–H groups in total. The number of allylic oxidation sites excluding steroid dienone is 2. The predicted molar refractivity (Wildman–Crippen MR) is 112 cm³/mol. The largest absolute Gasteiger partial charge is 0.496 e. The molecule has 2 heterocycles. The highest BCUT2D eigenvalue weighted by atomic mass is 16.5. The quantitative estimate of drug-likeness (QED) is 0.313. The molecule has 0 spiro atoms. The third-order valence-corrected chi connectivity index (χ3v) is 4.40. The highest BCUT2D eigenvalue weighted by Gasteiger charge is 2.12. The van der Waals surface area contributed by atoms with Gasteiger partial charge in [-0.1, -0.05) is 6.58 Å². The van der Waals surface area contributed by atoms with Gasteiger partial charge < -0.3 is 25.6 Å². The Labute approximate surface area is 162 Å². The zero-order valence-corrected chi connectivity index (χ0v) is 16.9. The number of aromatic nitrogens is 2. The van der Waals surface area contributed by atoms with Gasteiger partial charge in [-0.05, 0) is 45.5 Å². The van der Waals surface area contributed by atoms with E-state index in [0.29, 0.717) is 12.5 Å². The lowest BCUT2D eigenvalue weighted by Crippen LogP contribution is -2.41. The highest BCUT2D eigenvalue weighted by Crippen LogP contribution is 2.14. The second-order valence-corrected chi connectivity index (χ2v) is 6.59. The van der Waals surface area contributed by atoms with Crippen molar-refractivity contribution in [3.05, 3.63) is 47.5 Å². The second kappa shape index (κ2) is 10.7. The topological polar surface area (TPSA) is 74.3 Å². The summed E-state index contributed by atoms with van der Waals surface area (Å²) in [5.74, 6) is 2.11. The number of ether oxygens (including phenoxy) is 1. The summed E-state index contributed by atoms with van der Waals surface area (Å²) in [6.45, 7) is 13.0. The summed E-state index contributed by atoms with van der Waals surface area (Å²) in [6, 6.07) is 1.90. The standard InChI is InChI=1S/C20H32N6O/c1-6-18(27-5)17(14-22-8-11-26-9-7-10-26)12-15(2)23-20-24-16(3)13-19(21-4)25-20/h6,12-13,22H,1,7-11,14H2,2-5H3,(H2,21,23,24,25)/b15-12+,18-17-. The van der Waals surface area contributed by atoms with Gasteiger partial charge in [-0.25, -0.2) is 4.98 Å². The first-order chi connectivity index (χ1) is 13.0. The van der Waals surface area contributed by atoms with Crippen molar-refractivity contribution < 1.29 is 4.74 Å². The molecular weight excluding hydrogens is 340 g/mol. The molecule has 0 amide bonds. The molecule has 0 unspecified atom stereocenters. The Hall–Kier alpha value is -2.38. The van der Waals surface area contributed by atoms with Crippen LogP contribution in [-0.2, 0) is 4.74 Å². The number of anilines is 2. The first kappa shape index (κ1) is 20.9. The maximum Gasteiger partial charge on any atom is 0.229 e. The van der Waals surface area contributed by atoms with Crippen LogP contribution in [-0.4, -0.2) is 61.7 Å². The van der Waals surface area contributed by atoms with Crippen LogP contribution < -0.4 is 16.0 Å². The first-order valence-electron chi connectivity index (χ1n) is 9.37. The van der Waals surface area contributed by atoms with E-state index < -0.39 is 0 Å². The Kier molecular flexibility index (Phi) is 8.29. The molecule has 0 bridgehead atoms. The van der Waals surface area contributed by atoms with Crippen LogP contribution in [0.4, 0.5) is 11.8 Å². The molecular formula is C20H32N6O. The van der Waals surface area contributed by atoms with E-state index in [1.165, 1.54) is 19.5 Å². The van der Waals surface area contributed by atoms with E-state index in [0.717, 1.165) is 41.6 Å². The SMILES string of the molecule is C=C/C(OC)=C(\C=C(/C)Nc1nc(C)cc(NC)n1)CNCCN1CCC1. The van der Waals surface area contributed by atoms with Crippen LogP contribution in [0.1, 0.15) is 19.0 Å². The van der Waals surface area contributed by atoms with E-state index in [2.05, 4.69) is 37.4 Å². The summed E-state index contributed by atoms with van der Waals surface area (Å²) in [5.41, 5.74) is 2.86. The summed E-state index contributed by atoms with van der Waals surface area (Å²) in [7, 11) is 3.51. The summed E-state index contributed by atoms with van der Waals surface area (Å²) in [6.07, 6.45) is 5.10. The zero-order valence-electron chi connectivity index (χ0n) is 16.9. The van der Waals surface area contributed by atoms with Crippen LogP contribution in [0.2, 0.25) is 0 Å². The molecule has 1 saturated heterocycles. The number of methoxy groups -OCH3 is 1. The molecule has 0 aliphatic carbocycles. The van der Waals surface area contributed by atoms with E-state index in [-0.39, 0.29) is 0 Å². The molecule has 0 atom stereocenters. The van der Waals surface area contributed by atoms with Gasteiger partial charge >= 0.3 is 0 Å². The molecule has 0 saturated carbocycles. The summed E-state index contributed by atoms with van der Waals surface area (Å²) in [5, 5.41) is 9.79. The lowest BCUT2D eigenvalue weighted by molar-refractivity contribution is 0.183. The second-order valence-electron chi connectivity index (χ2n) is 6.59. The minimum absolute atomic E-state index is 0.566. The van der Waals surface area contributed by atoms with Gasteiger partial charge in [0.1, 0.15) is 11.6 Å². The van der Waals surface area contributed by atoms with Crippen LogP contribution in [0.5, 0.6) is 0 Å². The molecule has 27 heavy (non-hydrogen) atoms. The maximum absolute atomic E-state index is 5.48. The first-order valence-corrected chi connectivity index (χ1v) is 9.37. The predicted octanol–water partition coefficient (Wildman–Crippen LogP) is 2.52. The molecule has 2 rings (SSSR count). The third kappa shape index (κ3) is 6.69. The number of nitrogens with zero attached hydrogens (tertiary/aromatic N) is 3. The molecule has 148 valence electrons. The van der Waals surface area contributed by atoms with Crippen LogP contribution in [0.3, 0.4) is 0 Å². The lowest BCUT2D eigenvalue weighted by atomic mass is 10.1. The average molecular weight is 373 g/mol. The summed E-state index contributed by atoms with van der Waals surface area (Å²) < 4.78 is 5.48. The molecule has 1 aliphatic heterocycles. The van der Waals surface area contributed by atoms with Crippen LogP contribution >= 0.6 is 0 Å². The smallest absolute Gasteiger partial charge is 0.229 e. The number of hydrogen-bond acceptors (Lipinski definition) is 7. The lowest BCUT2D eigenvalue weighted by Gasteiger charge is -2.30. The molecule has 7 heteroatoms. The fraction of sp³-hybridized carbons (Fsp3) is 0.500. The van der Waals surface area contributed by atoms with Gasteiger partial charge in [0, 0.05) is 49.7 Å². The Bertz CT molecular complexity index is 694. The summed E-state index contributed by atoms with van der Waals surface area (Å²) in [4.78, 5) is 11.3. The van der Waals surface area contributed by atoms with Crippen molar-refractivity contribution in [2.24, 2.45) is 0 Å². The molecule has 1 aliphatic rings. The fourth-order valence-corrected chi connectivity index (χ4v) is 2.85. The van der Waals surface area contributed by atoms with Crippen molar-refractivity contribution >= 4 is 11.8 Å². The van der Waals surface area contributed by atoms with E-state index in [4.69, 9.17) is 4.74 Å². The minimum atomic E-state index is 0.566. The monoisotopic (exact) mass is 372 g/mol. The van der Waals surface area contributed by atoms with E-state index >= 15 is 0 Å². The Morgan fingerprint density at radius 3 is 2.74 bits per heavy atom. The van der Waals surface area contributed by atoms with Gasteiger partial charge in [0.15, 0.2) is 0 Å². The van der Waals surface area contributed by atoms with Crippen LogP contribution in [0.15, 0.2) is 41.8 Å². The number of rotatable bonds is 11. The molecule has 7 nitrogen and oxygen atoms in total. The van der Waals surface area contributed by atoms with E-state index in [1.54, 1.807) is 13.2 Å².